The maximum absolute atomic E-state index is 12.4. The number of hydrogen-bond acceptors (Lipinski definition) is 6. The lowest BCUT2D eigenvalue weighted by Gasteiger charge is -2.15. The summed E-state index contributed by atoms with van der Waals surface area (Å²) in [4.78, 5) is 24.7. The molecule has 3 aromatic heterocycles. The third-order valence-corrected chi connectivity index (χ3v) is 5.46. The fraction of sp³-hybridized carbons (Fsp3) is 0.368. The van der Waals surface area contributed by atoms with E-state index in [2.05, 4.69) is 0 Å². The molecule has 0 spiro atoms. The van der Waals surface area contributed by atoms with E-state index in [0.717, 1.165) is 23.7 Å². The summed E-state index contributed by atoms with van der Waals surface area (Å²) >= 11 is 0. The van der Waals surface area contributed by atoms with E-state index < -0.39 is 21.3 Å². The largest absolute Gasteiger partial charge is 0.492 e. The van der Waals surface area contributed by atoms with Crippen LogP contribution in [0.25, 0.3) is 22.1 Å². The molecular weight excluding hydrogens is 384 g/mol. The average Bonchev–Trinajstić information content (AvgIpc) is 3.31. The molecule has 3 aromatic rings. The van der Waals surface area contributed by atoms with Crippen LogP contribution < -0.4 is 15.9 Å². The normalized spacial score (nSPS) is 14.5. The van der Waals surface area contributed by atoms with Gasteiger partial charge in [0.1, 0.15) is 11.6 Å². The summed E-state index contributed by atoms with van der Waals surface area (Å²) in [5, 5.41) is 0.573. The zero-order chi connectivity index (χ0) is 20.1. The Bertz CT molecular complexity index is 1280. The molecular formula is C19H20N2O6S. The van der Waals surface area contributed by atoms with Gasteiger partial charge in [-0.25, -0.2) is 8.42 Å². The zero-order valence-electron chi connectivity index (χ0n) is 15.5. The highest BCUT2D eigenvalue weighted by Gasteiger charge is 2.24. The molecule has 0 aliphatic heterocycles. The van der Waals surface area contributed by atoms with Crippen molar-refractivity contribution >= 4 is 20.8 Å². The lowest BCUT2D eigenvalue weighted by molar-refractivity contribution is 0.300. The number of aromatic nitrogens is 2. The monoisotopic (exact) mass is 404 g/mol. The van der Waals surface area contributed by atoms with Crippen LogP contribution in [0.2, 0.25) is 0 Å². The van der Waals surface area contributed by atoms with Crippen molar-refractivity contribution in [1.29, 1.82) is 0 Å². The zero-order valence-corrected chi connectivity index (χ0v) is 16.4. The van der Waals surface area contributed by atoms with Gasteiger partial charge in [0.15, 0.2) is 15.4 Å². The van der Waals surface area contributed by atoms with E-state index in [-0.39, 0.29) is 11.1 Å². The lowest BCUT2D eigenvalue weighted by atomic mass is 10.0. The Kier molecular flexibility index (Phi) is 4.41. The van der Waals surface area contributed by atoms with Crippen molar-refractivity contribution in [2.45, 2.75) is 18.7 Å². The summed E-state index contributed by atoms with van der Waals surface area (Å²) in [5.41, 5.74) is 0.598. The second kappa shape index (κ2) is 6.66. The SMILES string of the molecule is Cn1cc(-c2cn(CS(C)(=O)=O)c(=O)cc2OCC2CC2)c2ccoc2c1=O. The van der Waals surface area contributed by atoms with Crippen molar-refractivity contribution in [3.63, 3.8) is 0 Å². The quantitative estimate of drug-likeness (QED) is 0.620. The van der Waals surface area contributed by atoms with E-state index >= 15 is 0 Å². The van der Waals surface area contributed by atoms with Crippen LogP contribution in [-0.4, -0.2) is 30.4 Å². The number of ether oxygens (including phenoxy) is 1. The van der Waals surface area contributed by atoms with Crippen molar-refractivity contribution in [3.05, 3.63) is 51.5 Å². The third-order valence-electron chi connectivity index (χ3n) is 4.72. The highest BCUT2D eigenvalue weighted by molar-refractivity contribution is 7.89. The number of aryl methyl sites for hydroxylation is 1. The second-order valence-electron chi connectivity index (χ2n) is 7.29. The summed E-state index contributed by atoms with van der Waals surface area (Å²) in [6, 6.07) is 2.97. The van der Waals surface area contributed by atoms with Gasteiger partial charge in [-0.2, -0.15) is 0 Å². The topological polar surface area (TPSA) is 101 Å². The highest BCUT2D eigenvalue weighted by Crippen LogP contribution is 2.35. The van der Waals surface area contributed by atoms with Gasteiger partial charge in [-0.3, -0.25) is 14.2 Å². The number of furan rings is 1. The number of pyridine rings is 2. The number of fused-ring (bicyclic) bond motifs is 1. The third kappa shape index (κ3) is 3.62. The predicted octanol–water partition coefficient (Wildman–Crippen LogP) is 1.75. The second-order valence-corrected chi connectivity index (χ2v) is 9.40. The Morgan fingerprint density at radius 2 is 1.96 bits per heavy atom. The minimum Gasteiger partial charge on any atom is -0.492 e. The standard InChI is InChI=1S/C19H20N2O6S/c1-20-8-14(13-5-6-26-18(13)19(20)23)15-9-21(11-28(2,24)25)17(22)7-16(15)27-10-12-3-4-12/h5-9,12H,3-4,10-11H2,1-2H3. The highest BCUT2D eigenvalue weighted by atomic mass is 32.2. The first kappa shape index (κ1) is 18.5. The van der Waals surface area contributed by atoms with Gasteiger partial charge in [-0.05, 0) is 24.8 Å². The van der Waals surface area contributed by atoms with Crippen LogP contribution >= 0.6 is 0 Å². The molecule has 28 heavy (non-hydrogen) atoms. The molecule has 0 amide bonds. The summed E-state index contributed by atoms with van der Waals surface area (Å²) in [5.74, 6) is 0.394. The first-order chi connectivity index (χ1) is 13.2. The molecule has 9 heteroatoms. The van der Waals surface area contributed by atoms with Gasteiger partial charge < -0.3 is 13.7 Å². The molecule has 1 saturated carbocycles. The number of rotatable bonds is 6. The van der Waals surface area contributed by atoms with Gasteiger partial charge in [0, 0.05) is 48.3 Å². The molecule has 3 heterocycles. The minimum absolute atomic E-state index is 0.189. The van der Waals surface area contributed by atoms with Crippen LogP contribution in [0.15, 0.2) is 44.8 Å². The lowest BCUT2D eigenvalue weighted by Crippen LogP contribution is -2.24. The van der Waals surface area contributed by atoms with Crippen LogP contribution in [-0.2, 0) is 22.8 Å². The van der Waals surface area contributed by atoms with Gasteiger partial charge in [0.2, 0.25) is 0 Å². The smallest absolute Gasteiger partial charge is 0.293 e. The van der Waals surface area contributed by atoms with Crippen molar-refractivity contribution in [3.8, 4) is 16.9 Å². The van der Waals surface area contributed by atoms with E-state index in [0.29, 0.717) is 34.8 Å². The van der Waals surface area contributed by atoms with Crippen LogP contribution in [0.5, 0.6) is 5.75 Å². The van der Waals surface area contributed by atoms with Crippen molar-refractivity contribution in [2.24, 2.45) is 13.0 Å². The van der Waals surface area contributed by atoms with Crippen LogP contribution in [0, 0.1) is 5.92 Å². The Labute approximate surface area is 160 Å². The van der Waals surface area contributed by atoms with Crippen molar-refractivity contribution in [2.75, 3.05) is 12.9 Å². The van der Waals surface area contributed by atoms with Crippen molar-refractivity contribution < 1.29 is 17.6 Å². The summed E-state index contributed by atoms with van der Waals surface area (Å²) in [6.45, 7) is 0.489. The van der Waals surface area contributed by atoms with E-state index in [1.807, 2.05) is 0 Å². The van der Waals surface area contributed by atoms with Crippen LogP contribution in [0.3, 0.4) is 0 Å². The molecule has 1 aliphatic rings. The Morgan fingerprint density at radius 1 is 1.21 bits per heavy atom. The van der Waals surface area contributed by atoms with Gasteiger partial charge in [-0.15, -0.1) is 0 Å². The predicted molar refractivity (Wildman–Crippen MR) is 104 cm³/mol. The Balaban J connectivity index is 1.94. The molecule has 0 unspecified atom stereocenters. The van der Waals surface area contributed by atoms with E-state index in [1.165, 1.54) is 23.1 Å². The maximum Gasteiger partial charge on any atom is 0.293 e. The summed E-state index contributed by atoms with van der Waals surface area (Å²) in [6.07, 6.45) is 7.77. The molecule has 148 valence electrons. The molecule has 8 nitrogen and oxygen atoms in total. The first-order valence-corrected chi connectivity index (χ1v) is 10.9. The minimum atomic E-state index is -3.43. The van der Waals surface area contributed by atoms with Gasteiger partial charge in [-0.1, -0.05) is 0 Å². The molecule has 0 aromatic carbocycles. The van der Waals surface area contributed by atoms with Crippen LogP contribution in [0.4, 0.5) is 0 Å². The molecule has 4 rings (SSSR count). The average molecular weight is 404 g/mol. The van der Waals surface area contributed by atoms with Crippen LogP contribution in [0.1, 0.15) is 12.8 Å². The molecule has 0 saturated heterocycles. The number of nitrogens with zero attached hydrogens (tertiary/aromatic N) is 2. The van der Waals surface area contributed by atoms with Gasteiger partial charge in [0.05, 0.1) is 12.9 Å². The van der Waals surface area contributed by atoms with E-state index in [1.54, 1.807) is 19.3 Å². The van der Waals surface area contributed by atoms with Gasteiger partial charge >= 0.3 is 0 Å². The fourth-order valence-corrected chi connectivity index (χ4v) is 3.81. The number of hydrogen-bond donors (Lipinski definition) is 0. The molecule has 0 atom stereocenters. The maximum atomic E-state index is 12.4. The first-order valence-electron chi connectivity index (χ1n) is 8.85. The number of sulfone groups is 1. The fourth-order valence-electron chi connectivity index (χ4n) is 3.11. The molecule has 0 bridgehead atoms. The molecule has 0 N–H and O–H groups in total. The summed E-state index contributed by atoms with van der Waals surface area (Å²) < 4.78 is 37.2. The Morgan fingerprint density at radius 3 is 2.64 bits per heavy atom. The summed E-state index contributed by atoms with van der Waals surface area (Å²) in [7, 11) is -1.82. The van der Waals surface area contributed by atoms with E-state index in [9.17, 15) is 18.0 Å². The molecule has 1 fully saturated rings. The molecule has 1 aliphatic carbocycles. The van der Waals surface area contributed by atoms with Crippen molar-refractivity contribution in [1.82, 2.24) is 9.13 Å². The van der Waals surface area contributed by atoms with E-state index in [4.69, 9.17) is 9.15 Å². The Hall–Kier alpha value is -2.81. The molecule has 0 radical (unpaired) electrons. The van der Waals surface area contributed by atoms with Gasteiger partial charge in [0.25, 0.3) is 11.1 Å².